The lowest BCUT2D eigenvalue weighted by atomic mass is 9.75. The van der Waals surface area contributed by atoms with E-state index in [1.165, 1.54) is 0 Å². The fraction of sp³-hybridized carbons (Fsp3) is 0.489. The third kappa shape index (κ3) is 7.39. The first-order valence-electron chi connectivity index (χ1n) is 18.8. The van der Waals surface area contributed by atoms with Crippen molar-refractivity contribution in [3.8, 4) is 23.0 Å². The van der Waals surface area contributed by atoms with Gasteiger partial charge in [-0.05, 0) is 72.6 Å². The Kier molecular flexibility index (Phi) is 9.72. The second-order valence-corrected chi connectivity index (χ2v) is 19.3. The number of hydrogen-bond acceptors (Lipinski definition) is 4. The summed E-state index contributed by atoms with van der Waals surface area (Å²) in [5.41, 5.74) is 9.51. The van der Waals surface area contributed by atoms with Gasteiger partial charge in [0.25, 0.3) is 0 Å². The van der Waals surface area contributed by atoms with E-state index >= 15 is 0 Å². The zero-order valence-corrected chi connectivity index (χ0v) is 33.7. The van der Waals surface area contributed by atoms with Gasteiger partial charge in [0.1, 0.15) is 23.0 Å². The lowest BCUT2D eigenvalue weighted by Crippen LogP contribution is -2.17. The molecule has 0 saturated carbocycles. The molecule has 4 N–H and O–H groups in total. The van der Waals surface area contributed by atoms with Crippen LogP contribution in [0.25, 0.3) is 0 Å². The van der Waals surface area contributed by atoms with Gasteiger partial charge in [0.05, 0.1) is 0 Å². The predicted molar refractivity (Wildman–Crippen MR) is 212 cm³/mol. The van der Waals surface area contributed by atoms with E-state index in [1.54, 1.807) is 0 Å². The van der Waals surface area contributed by atoms with Gasteiger partial charge in [-0.25, -0.2) is 0 Å². The molecule has 0 amide bonds. The molecule has 8 bridgehead atoms. The summed E-state index contributed by atoms with van der Waals surface area (Å²) in [6.45, 7) is 30.3. The molecule has 0 atom stereocenters. The maximum atomic E-state index is 12.3. The monoisotopic (exact) mass is 690 g/mol. The molecule has 274 valence electrons. The molecule has 4 nitrogen and oxygen atoms in total. The Bertz CT molecular complexity index is 1830. The average molecular weight is 691 g/mol. The molecule has 0 heterocycles. The van der Waals surface area contributed by atoms with Crippen LogP contribution in [0.4, 0.5) is 0 Å². The van der Waals surface area contributed by atoms with Crippen molar-refractivity contribution in [1.82, 2.24) is 0 Å². The predicted octanol–water partition coefficient (Wildman–Crippen LogP) is 11.9. The number of rotatable bonds is 1. The summed E-state index contributed by atoms with van der Waals surface area (Å²) in [4.78, 5) is 0. The molecule has 1 aliphatic rings. The zero-order valence-electron chi connectivity index (χ0n) is 33.7. The standard InChI is InChI=1S/C47H62O4/c1-15-35-38-24-33(46(9,10)11)20-29(42(38)50)16-27-18-31(44(3,4)5)22-36(40(27)48)26(2)37-23-32(45(6,7)8)19-28(41(37)49)17-30-21-34(47(12,13)14)25-39(35)43(30)51/h18-26,35,48-51H,15-17H2,1-14H3. The van der Waals surface area contributed by atoms with E-state index < -0.39 is 0 Å². The lowest BCUT2D eigenvalue weighted by Gasteiger charge is -2.30. The van der Waals surface area contributed by atoms with Gasteiger partial charge in [-0.15, -0.1) is 0 Å². The topological polar surface area (TPSA) is 80.9 Å². The SMILES string of the molecule is CCC1c2cc(C(C)(C)C)cc(c2O)Cc2cc(C(C)(C)C)cc(c2O)C(C)c2cc(C(C)(C)C)cc(c2O)Cc2cc(C(C)(C)C)cc1c2O. The molecular weight excluding hydrogens is 629 g/mol. The second kappa shape index (κ2) is 12.9. The van der Waals surface area contributed by atoms with Gasteiger partial charge in [-0.1, -0.05) is 145 Å². The Balaban J connectivity index is 1.98. The number of fused-ring (bicyclic) bond motifs is 8. The van der Waals surface area contributed by atoms with E-state index in [0.29, 0.717) is 19.3 Å². The van der Waals surface area contributed by atoms with Crippen molar-refractivity contribution < 1.29 is 20.4 Å². The summed E-state index contributed by atoms with van der Waals surface area (Å²) < 4.78 is 0. The van der Waals surface area contributed by atoms with Crippen LogP contribution in [0.5, 0.6) is 23.0 Å². The smallest absolute Gasteiger partial charge is 0.122 e. The van der Waals surface area contributed by atoms with Crippen LogP contribution in [0, 0.1) is 0 Å². The Morgan fingerprint density at radius 3 is 0.902 bits per heavy atom. The van der Waals surface area contributed by atoms with Crippen LogP contribution in [0.1, 0.15) is 182 Å². The lowest BCUT2D eigenvalue weighted by molar-refractivity contribution is 0.440. The molecule has 0 fully saturated rings. The molecule has 0 saturated heterocycles. The fourth-order valence-electron chi connectivity index (χ4n) is 7.52. The molecule has 4 aromatic carbocycles. The average Bonchev–Trinajstić information content (AvgIpc) is 2.99. The first-order valence-corrected chi connectivity index (χ1v) is 18.8. The van der Waals surface area contributed by atoms with Crippen molar-refractivity contribution in [1.29, 1.82) is 0 Å². The molecule has 4 heteroatoms. The van der Waals surface area contributed by atoms with E-state index in [4.69, 9.17) is 0 Å². The van der Waals surface area contributed by atoms with Crippen LogP contribution in [0.3, 0.4) is 0 Å². The van der Waals surface area contributed by atoms with Crippen molar-refractivity contribution in [2.75, 3.05) is 0 Å². The molecular formula is C47H62O4. The van der Waals surface area contributed by atoms with Gasteiger partial charge in [-0.3, -0.25) is 0 Å². The van der Waals surface area contributed by atoms with Crippen LogP contribution in [-0.4, -0.2) is 20.4 Å². The maximum Gasteiger partial charge on any atom is 0.122 e. The Hall–Kier alpha value is -3.92. The molecule has 4 aromatic rings. The van der Waals surface area contributed by atoms with Crippen LogP contribution < -0.4 is 0 Å². The van der Waals surface area contributed by atoms with Gasteiger partial charge in [-0.2, -0.15) is 0 Å². The molecule has 0 radical (unpaired) electrons. The minimum Gasteiger partial charge on any atom is -0.507 e. The van der Waals surface area contributed by atoms with Gasteiger partial charge >= 0.3 is 0 Å². The number of hydrogen-bond donors (Lipinski definition) is 4. The summed E-state index contributed by atoms with van der Waals surface area (Å²) in [5, 5.41) is 48.9. The van der Waals surface area contributed by atoms with E-state index in [9.17, 15) is 20.4 Å². The van der Waals surface area contributed by atoms with Gasteiger partial charge in [0.15, 0.2) is 0 Å². The van der Waals surface area contributed by atoms with Gasteiger partial charge in [0.2, 0.25) is 0 Å². The van der Waals surface area contributed by atoms with Crippen molar-refractivity contribution in [2.45, 2.75) is 150 Å². The van der Waals surface area contributed by atoms with E-state index in [2.05, 4.69) is 145 Å². The molecule has 0 aromatic heterocycles. The number of aromatic hydroxyl groups is 4. The number of phenolic OH excluding ortho intramolecular Hbond substituents is 4. The summed E-state index contributed by atoms with van der Waals surface area (Å²) in [7, 11) is 0. The largest absolute Gasteiger partial charge is 0.507 e. The highest BCUT2D eigenvalue weighted by Crippen LogP contribution is 2.48. The van der Waals surface area contributed by atoms with Crippen LogP contribution in [0.15, 0.2) is 48.5 Å². The Labute approximate surface area is 307 Å². The highest BCUT2D eigenvalue weighted by Gasteiger charge is 2.31. The molecule has 5 rings (SSSR count). The summed E-state index contributed by atoms with van der Waals surface area (Å²) >= 11 is 0. The number of benzene rings is 4. The molecule has 51 heavy (non-hydrogen) atoms. The van der Waals surface area contributed by atoms with Crippen LogP contribution in [0.2, 0.25) is 0 Å². The molecule has 0 unspecified atom stereocenters. The minimum absolute atomic E-state index is 0.191. The molecule has 1 aliphatic carbocycles. The highest BCUT2D eigenvalue weighted by atomic mass is 16.3. The number of phenols is 4. The van der Waals surface area contributed by atoms with E-state index in [1.807, 2.05) is 0 Å². The summed E-state index contributed by atoms with van der Waals surface area (Å²) in [5.74, 6) is 0.150. The fourth-order valence-corrected chi connectivity index (χ4v) is 7.52. The second-order valence-electron chi connectivity index (χ2n) is 19.3. The van der Waals surface area contributed by atoms with E-state index in [0.717, 1.165) is 66.8 Å². The van der Waals surface area contributed by atoms with E-state index in [-0.39, 0.29) is 56.5 Å². The van der Waals surface area contributed by atoms with Gasteiger partial charge in [0, 0.05) is 46.9 Å². The normalized spacial score (nSPS) is 17.1. The van der Waals surface area contributed by atoms with Crippen molar-refractivity contribution in [3.63, 3.8) is 0 Å². The Morgan fingerprint density at radius 2 is 0.667 bits per heavy atom. The zero-order chi connectivity index (χ0) is 38.2. The van der Waals surface area contributed by atoms with Crippen molar-refractivity contribution in [3.05, 3.63) is 115 Å². The first-order chi connectivity index (χ1) is 23.3. The Morgan fingerprint density at radius 1 is 0.431 bits per heavy atom. The maximum absolute atomic E-state index is 12.3. The third-order valence-electron chi connectivity index (χ3n) is 11.2. The van der Waals surface area contributed by atoms with Crippen LogP contribution in [-0.2, 0) is 34.5 Å². The minimum atomic E-state index is -0.348. The quantitative estimate of drug-likeness (QED) is 0.160. The summed E-state index contributed by atoms with van der Waals surface area (Å²) in [6.07, 6.45) is 1.31. The highest BCUT2D eigenvalue weighted by molar-refractivity contribution is 5.61. The summed E-state index contributed by atoms with van der Waals surface area (Å²) in [6, 6.07) is 16.7. The van der Waals surface area contributed by atoms with Gasteiger partial charge < -0.3 is 20.4 Å². The van der Waals surface area contributed by atoms with Crippen LogP contribution >= 0.6 is 0 Å². The van der Waals surface area contributed by atoms with Crippen molar-refractivity contribution in [2.24, 2.45) is 0 Å². The first kappa shape index (κ1) is 38.3. The third-order valence-corrected chi connectivity index (χ3v) is 11.2. The van der Waals surface area contributed by atoms with Crippen molar-refractivity contribution >= 4 is 0 Å². The molecule has 0 aliphatic heterocycles. The molecule has 0 spiro atoms.